The zero-order chi connectivity index (χ0) is 28.1. The van der Waals surface area contributed by atoms with Crippen LogP contribution in [0.1, 0.15) is 31.4 Å². The van der Waals surface area contributed by atoms with Crippen LogP contribution in [0.3, 0.4) is 0 Å². The third-order valence-corrected chi connectivity index (χ3v) is 10.2. The van der Waals surface area contributed by atoms with Gasteiger partial charge in [-0.2, -0.15) is 17.5 Å². The van der Waals surface area contributed by atoms with Crippen molar-refractivity contribution in [1.82, 2.24) is 19.1 Å². The Bertz CT molecular complexity index is 1390. The lowest BCUT2D eigenvalue weighted by Gasteiger charge is -2.40. The quantitative estimate of drug-likeness (QED) is 0.355. The zero-order valence-electron chi connectivity index (χ0n) is 21.1. The number of sulfonamides is 1. The molecule has 2 unspecified atom stereocenters. The molecule has 2 aliphatic heterocycles. The topological polar surface area (TPSA) is 71.3 Å². The van der Waals surface area contributed by atoms with Gasteiger partial charge in [-0.1, -0.05) is 30.9 Å². The predicted molar refractivity (Wildman–Crippen MR) is 135 cm³/mol. The van der Waals surface area contributed by atoms with Crippen LogP contribution in [-0.4, -0.2) is 58.0 Å². The van der Waals surface area contributed by atoms with Gasteiger partial charge in [0.2, 0.25) is 10.0 Å². The molecule has 210 valence electrons. The number of hydrogen-bond donors (Lipinski definition) is 0. The van der Waals surface area contributed by atoms with Crippen molar-refractivity contribution in [2.24, 2.45) is 11.8 Å². The lowest BCUT2D eigenvalue weighted by atomic mass is 10.0. The van der Waals surface area contributed by atoms with E-state index >= 15 is 8.78 Å². The number of piperidine rings is 1. The van der Waals surface area contributed by atoms with E-state index in [1.54, 1.807) is 36.6 Å². The molecule has 0 spiro atoms. The van der Waals surface area contributed by atoms with E-state index in [4.69, 9.17) is 0 Å². The molecule has 1 aromatic heterocycles. The summed E-state index contributed by atoms with van der Waals surface area (Å²) < 4.78 is 101. The minimum absolute atomic E-state index is 0.000866. The van der Waals surface area contributed by atoms with Crippen LogP contribution in [0.25, 0.3) is 0 Å². The molecule has 3 fully saturated rings. The second-order valence-electron chi connectivity index (χ2n) is 10.1. The Labute approximate surface area is 223 Å². The van der Waals surface area contributed by atoms with Crippen LogP contribution in [0.15, 0.2) is 61.2 Å². The number of hydrogen-bond acceptors (Lipinski definition) is 5. The maximum absolute atomic E-state index is 15.3. The predicted octanol–water partition coefficient (Wildman–Crippen LogP) is 4.78. The minimum atomic E-state index is -4.88. The summed E-state index contributed by atoms with van der Waals surface area (Å²) in [5.74, 6) is -1.33. The molecule has 0 amide bonds. The molecule has 3 aliphatic rings. The van der Waals surface area contributed by atoms with Gasteiger partial charge in [0.25, 0.3) is 0 Å². The van der Waals surface area contributed by atoms with E-state index in [2.05, 4.69) is 16.8 Å². The monoisotopic (exact) mass is 569 g/mol. The molecule has 0 bridgehead atoms. The molecular formula is C26H28F5N5O2S. The highest BCUT2D eigenvalue weighted by atomic mass is 32.2. The molecule has 3 heterocycles. The first kappa shape index (κ1) is 27.5. The number of halogens is 5. The summed E-state index contributed by atoms with van der Waals surface area (Å²) in [5, 5.41) is 6.31. The van der Waals surface area contributed by atoms with Crippen LogP contribution < -0.4 is 4.90 Å². The summed E-state index contributed by atoms with van der Waals surface area (Å²) in [7, 11) is -4.59. The van der Waals surface area contributed by atoms with E-state index in [-0.39, 0.29) is 39.9 Å². The van der Waals surface area contributed by atoms with Gasteiger partial charge in [0, 0.05) is 49.1 Å². The van der Waals surface area contributed by atoms with Gasteiger partial charge in [-0.05, 0) is 31.4 Å². The summed E-state index contributed by atoms with van der Waals surface area (Å²) >= 11 is 0. The van der Waals surface area contributed by atoms with Crippen LogP contribution in [0, 0.1) is 23.5 Å². The highest BCUT2D eigenvalue weighted by molar-refractivity contribution is 7.90. The van der Waals surface area contributed by atoms with Crippen LogP contribution in [0.2, 0.25) is 0 Å². The SMILES string of the molecule is C=C/C(=C\C=C/C)[C@H]1CCC(C(F)(F)F)N(Cc2cc(F)c(N3C[C@@H]4C(n5cnnc5)[C@@H]4C3)cc2F)S1(=O)=O. The van der Waals surface area contributed by atoms with Gasteiger partial charge in [-0.25, -0.2) is 17.2 Å². The van der Waals surface area contributed by atoms with Gasteiger partial charge < -0.3 is 9.47 Å². The summed E-state index contributed by atoms with van der Waals surface area (Å²) in [4.78, 5) is 1.70. The molecule has 5 rings (SSSR count). The molecule has 1 saturated carbocycles. The summed E-state index contributed by atoms with van der Waals surface area (Å²) in [5.41, 5.74) is -0.224. The number of rotatable bonds is 7. The fourth-order valence-corrected chi connectivity index (χ4v) is 8.11. The first-order chi connectivity index (χ1) is 18.5. The minimum Gasteiger partial charge on any atom is -0.368 e. The Balaban J connectivity index is 1.40. The average molecular weight is 570 g/mol. The molecule has 2 aromatic rings. The lowest BCUT2D eigenvalue weighted by Crippen LogP contribution is -2.55. The molecule has 5 atom stereocenters. The number of benzene rings is 1. The number of nitrogens with zero attached hydrogens (tertiary/aromatic N) is 5. The van der Waals surface area contributed by atoms with Crippen molar-refractivity contribution in [3.05, 3.63) is 78.4 Å². The highest BCUT2D eigenvalue weighted by Gasteiger charge is 2.57. The van der Waals surface area contributed by atoms with Crippen molar-refractivity contribution in [3.8, 4) is 0 Å². The van der Waals surface area contributed by atoms with Crippen molar-refractivity contribution in [1.29, 1.82) is 0 Å². The Morgan fingerprint density at radius 2 is 1.77 bits per heavy atom. The molecule has 13 heteroatoms. The van der Waals surface area contributed by atoms with Crippen LogP contribution in [-0.2, 0) is 16.6 Å². The summed E-state index contributed by atoms with van der Waals surface area (Å²) in [6.07, 6.45) is 3.54. The Morgan fingerprint density at radius 3 is 2.36 bits per heavy atom. The Morgan fingerprint density at radius 1 is 1.10 bits per heavy atom. The molecule has 0 radical (unpaired) electrons. The molecule has 1 aliphatic carbocycles. The van der Waals surface area contributed by atoms with Gasteiger partial charge >= 0.3 is 6.18 Å². The molecule has 7 nitrogen and oxygen atoms in total. The number of aromatic nitrogens is 3. The Kier molecular flexibility index (Phi) is 7.17. The van der Waals surface area contributed by atoms with Crippen molar-refractivity contribution in [2.75, 3.05) is 18.0 Å². The van der Waals surface area contributed by atoms with E-state index in [9.17, 15) is 21.6 Å². The maximum Gasteiger partial charge on any atom is 0.405 e. The first-order valence-corrected chi connectivity index (χ1v) is 14.1. The number of anilines is 1. The zero-order valence-corrected chi connectivity index (χ0v) is 21.9. The fraction of sp³-hybridized carbons (Fsp3) is 0.462. The number of alkyl halides is 3. The number of fused-ring (bicyclic) bond motifs is 1. The Hall–Kier alpha value is -3.06. The van der Waals surface area contributed by atoms with Gasteiger partial charge in [0.1, 0.15) is 35.6 Å². The molecule has 39 heavy (non-hydrogen) atoms. The molecule has 1 aromatic carbocycles. The van der Waals surface area contributed by atoms with Crippen LogP contribution in [0.4, 0.5) is 27.6 Å². The maximum atomic E-state index is 15.3. The summed E-state index contributed by atoms with van der Waals surface area (Å²) in [6, 6.07) is -0.403. The van der Waals surface area contributed by atoms with Crippen molar-refractivity contribution in [2.45, 2.75) is 49.8 Å². The largest absolute Gasteiger partial charge is 0.405 e. The smallest absolute Gasteiger partial charge is 0.368 e. The standard InChI is InChI=1S/C26H28F5N5O2S/c1-3-5-6-16(4-2)23-7-8-24(26(29,30)31)36(39(23,37)38)11-17-9-21(28)22(10-20(17)27)34-12-18-19(13-34)25(18)35-14-32-33-15-35/h3-6,9-10,14-15,18-19,23-25H,2,7-8,11-13H2,1H3/b5-3-,16-6+/t18-,19+,23-,24?,25?/m1/s1. The second kappa shape index (κ2) is 10.2. The molecular weight excluding hydrogens is 541 g/mol. The van der Waals surface area contributed by atoms with Gasteiger partial charge in [-0.3, -0.25) is 0 Å². The molecule has 0 N–H and O–H groups in total. The van der Waals surface area contributed by atoms with Crippen molar-refractivity contribution < 1.29 is 30.4 Å². The van der Waals surface area contributed by atoms with E-state index in [1.807, 2.05) is 4.57 Å². The number of allylic oxidation sites excluding steroid dienone is 4. The second-order valence-corrected chi connectivity index (χ2v) is 12.2. The van der Waals surface area contributed by atoms with E-state index in [1.165, 1.54) is 12.2 Å². The molecule has 2 saturated heterocycles. The fourth-order valence-electron chi connectivity index (χ4n) is 5.93. The summed E-state index contributed by atoms with van der Waals surface area (Å²) in [6.45, 7) is 5.32. The van der Waals surface area contributed by atoms with E-state index in [0.717, 1.165) is 12.1 Å². The van der Waals surface area contributed by atoms with E-state index < -0.39 is 57.7 Å². The van der Waals surface area contributed by atoms with E-state index in [0.29, 0.717) is 13.1 Å². The normalized spacial score (nSPS) is 29.1. The van der Waals surface area contributed by atoms with Gasteiger partial charge in [-0.15, -0.1) is 10.2 Å². The van der Waals surface area contributed by atoms with Crippen molar-refractivity contribution in [3.63, 3.8) is 0 Å². The van der Waals surface area contributed by atoms with Crippen LogP contribution in [0.5, 0.6) is 0 Å². The van der Waals surface area contributed by atoms with Crippen molar-refractivity contribution >= 4 is 15.7 Å². The average Bonchev–Trinajstić information content (AvgIpc) is 3.23. The first-order valence-electron chi connectivity index (χ1n) is 12.6. The van der Waals surface area contributed by atoms with Crippen LogP contribution >= 0.6 is 0 Å². The lowest BCUT2D eigenvalue weighted by molar-refractivity contribution is -0.176. The highest BCUT2D eigenvalue weighted by Crippen LogP contribution is 2.56. The third-order valence-electron chi connectivity index (χ3n) is 7.92. The van der Waals surface area contributed by atoms with Gasteiger partial charge in [0.15, 0.2) is 0 Å². The third kappa shape index (κ3) is 5.02. The van der Waals surface area contributed by atoms with Gasteiger partial charge in [0.05, 0.1) is 5.69 Å².